The van der Waals surface area contributed by atoms with Gasteiger partial charge in [0.25, 0.3) is 10.0 Å². The Balaban J connectivity index is 1.39. The van der Waals surface area contributed by atoms with Gasteiger partial charge in [-0.05, 0) is 72.6 Å². The first-order chi connectivity index (χ1) is 30.2. The van der Waals surface area contributed by atoms with Crippen molar-refractivity contribution >= 4 is 64.2 Å². The molecular formula is C50H61BrN4O6SSi2. The minimum absolute atomic E-state index is 0.0114. The lowest BCUT2D eigenvalue weighted by molar-refractivity contribution is 0.0899. The van der Waals surface area contributed by atoms with Crippen molar-refractivity contribution in [2.75, 3.05) is 20.3 Å². The van der Waals surface area contributed by atoms with Crippen LogP contribution in [0.15, 0.2) is 113 Å². The Kier molecular flexibility index (Phi) is 13.9. The van der Waals surface area contributed by atoms with Gasteiger partial charge in [-0.2, -0.15) is 0 Å². The first kappa shape index (κ1) is 47.4. The summed E-state index contributed by atoms with van der Waals surface area (Å²) >= 11 is 3.56. The minimum atomic E-state index is -3.98. The smallest absolute Gasteiger partial charge is 0.268 e. The van der Waals surface area contributed by atoms with E-state index in [4.69, 9.17) is 28.6 Å². The first-order valence-corrected chi connectivity index (χ1v) is 30.6. The van der Waals surface area contributed by atoms with Crippen LogP contribution in [0.5, 0.6) is 11.6 Å². The molecule has 7 aromatic rings. The van der Waals surface area contributed by atoms with Gasteiger partial charge < -0.3 is 23.2 Å². The summed E-state index contributed by atoms with van der Waals surface area (Å²) in [5, 5.41) is 1.71. The molecule has 0 amide bonds. The molecule has 0 aliphatic carbocycles. The number of halogens is 1. The number of fused-ring (bicyclic) bond motifs is 2. The number of aromatic nitrogens is 4. The van der Waals surface area contributed by atoms with E-state index in [0.29, 0.717) is 54.4 Å². The summed E-state index contributed by atoms with van der Waals surface area (Å²) in [4.78, 5) is 10.4. The molecule has 14 heteroatoms. The highest BCUT2D eigenvalue weighted by Gasteiger charge is 2.38. The number of ether oxygens (including phenoxy) is 3. The van der Waals surface area contributed by atoms with Crippen molar-refractivity contribution in [1.82, 2.24) is 18.5 Å². The van der Waals surface area contributed by atoms with Gasteiger partial charge in [0.15, 0.2) is 8.32 Å². The van der Waals surface area contributed by atoms with E-state index in [1.807, 2.05) is 37.3 Å². The van der Waals surface area contributed by atoms with Gasteiger partial charge in [-0.3, -0.25) is 0 Å². The Morgan fingerprint density at radius 1 is 0.891 bits per heavy atom. The van der Waals surface area contributed by atoms with Crippen molar-refractivity contribution in [3.63, 3.8) is 0 Å². The van der Waals surface area contributed by atoms with Crippen molar-refractivity contribution in [2.45, 2.75) is 103 Å². The molecule has 1 unspecified atom stereocenters. The van der Waals surface area contributed by atoms with Crippen LogP contribution in [0.2, 0.25) is 43.8 Å². The summed E-state index contributed by atoms with van der Waals surface area (Å²) in [6.07, 6.45) is 5.44. The lowest BCUT2D eigenvalue weighted by atomic mass is 9.94. The first-order valence-electron chi connectivity index (χ1n) is 21.8. The van der Waals surface area contributed by atoms with Gasteiger partial charge in [0.1, 0.15) is 24.8 Å². The zero-order chi connectivity index (χ0) is 46.2. The summed E-state index contributed by atoms with van der Waals surface area (Å²) in [6, 6.07) is 27.9. The van der Waals surface area contributed by atoms with Gasteiger partial charge in [-0.15, -0.1) is 0 Å². The highest BCUT2D eigenvalue weighted by Crippen LogP contribution is 2.44. The average Bonchev–Trinajstić information content (AvgIpc) is 3.82. The van der Waals surface area contributed by atoms with Crippen molar-refractivity contribution in [3.05, 3.63) is 125 Å². The third-order valence-electron chi connectivity index (χ3n) is 12.3. The molecule has 3 heterocycles. The summed E-state index contributed by atoms with van der Waals surface area (Å²) in [6.45, 7) is 24.4. The van der Waals surface area contributed by atoms with Crippen LogP contribution >= 0.6 is 15.9 Å². The third kappa shape index (κ3) is 10.1. The maximum absolute atomic E-state index is 14.2. The summed E-state index contributed by atoms with van der Waals surface area (Å²) in [7, 11) is -5.85. The zero-order valence-corrected chi connectivity index (χ0v) is 43.4. The molecule has 64 heavy (non-hydrogen) atoms. The van der Waals surface area contributed by atoms with Crippen LogP contribution in [0.3, 0.4) is 0 Å². The van der Waals surface area contributed by atoms with Crippen molar-refractivity contribution in [1.29, 1.82) is 0 Å². The topological polar surface area (TPSA) is 107 Å². The molecule has 338 valence electrons. The van der Waals surface area contributed by atoms with Crippen LogP contribution in [-0.2, 0) is 32.5 Å². The SMILES string of the molecule is COc1nc(-c2cn(COCC[Si](C)(C)C)c3c(OCc4ccccc4)ccc(C(C)CO[Si](C)(C)C(C)(C)C)c23)cnc1-c1cn(S(=O)(=O)c2ccc(C)cc2)c2cc(Br)ccc12. The van der Waals surface area contributed by atoms with Gasteiger partial charge in [0.05, 0.1) is 34.9 Å². The highest BCUT2D eigenvalue weighted by atomic mass is 79.9. The van der Waals surface area contributed by atoms with Gasteiger partial charge in [-0.25, -0.2) is 22.4 Å². The molecule has 0 saturated carbocycles. The van der Waals surface area contributed by atoms with Gasteiger partial charge in [-0.1, -0.05) is 123 Å². The number of aryl methyl sites for hydroxylation is 1. The van der Waals surface area contributed by atoms with Crippen LogP contribution in [-0.4, -0.2) is 63.6 Å². The standard InChI is InChI=1S/C50H61BrN4O6SSi2/c1-34-17-20-38(21-18-34)62(56,57)55-30-41(40-22-19-37(51)27-44(40)55)47-49(58-6)53-43(28-52-47)42-29-54(33-59-25-26-63(7,8)9)48-45(60-32-36-15-13-12-14-16-36)24-23-39(46(42)48)35(2)31-61-64(10,11)50(3,4)5/h12-24,27-30,35H,25-26,31-33H2,1-11H3. The van der Waals surface area contributed by atoms with E-state index in [-0.39, 0.29) is 21.7 Å². The molecule has 10 nitrogen and oxygen atoms in total. The average molecular weight is 982 g/mol. The molecule has 0 saturated heterocycles. The Bertz CT molecular complexity index is 2880. The second-order valence-electron chi connectivity index (χ2n) is 19.4. The molecule has 0 N–H and O–H groups in total. The van der Waals surface area contributed by atoms with Crippen molar-refractivity contribution in [2.24, 2.45) is 0 Å². The molecule has 0 aliphatic rings. The van der Waals surface area contributed by atoms with E-state index in [9.17, 15) is 8.42 Å². The zero-order valence-electron chi connectivity index (χ0n) is 39.0. The minimum Gasteiger partial charge on any atom is -0.487 e. The number of methoxy groups -OCH3 is 1. The molecule has 0 aliphatic heterocycles. The Labute approximate surface area is 389 Å². The second kappa shape index (κ2) is 18.7. The maximum atomic E-state index is 14.2. The summed E-state index contributed by atoms with van der Waals surface area (Å²) in [5.41, 5.74) is 6.93. The maximum Gasteiger partial charge on any atom is 0.268 e. The van der Waals surface area contributed by atoms with Gasteiger partial charge >= 0.3 is 0 Å². The molecule has 3 aromatic heterocycles. The second-order valence-corrected chi connectivity index (χ2v) is 32.6. The molecule has 0 fully saturated rings. The monoisotopic (exact) mass is 980 g/mol. The molecule has 4 aromatic carbocycles. The van der Waals surface area contributed by atoms with E-state index < -0.39 is 26.4 Å². The summed E-state index contributed by atoms with van der Waals surface area (Å²) in [5.74, 6) is 0.995. The molecule has 7 rings (SSSR count). The number of hydrogen-bond acceptors (Lipinski definition) is 8. The lowest BCUT2D eigenvalue weighted by Crippen LogP contribution is -2.41. The predicted molar refractivity (Wildman–Crippen MR) is 268 cm³/mol. The van der Waals surface area contributed by atoms with E-state index >= 15 is 0 Å². The molecule has 1 atom stereocenters. The van der Waals surface area contributed by atoms with E-state index in [1.54, 1.807) is 49.8 Å². The normalized spacial score (nSPS) is 13.2. The molecule has 0 spiro atoms. The molecule has 0 radical (unpaired) electrons. The lowest BCUT2D eigenvalue weighted by Gasteiger charge is -2.37. The number of rotatable bonds is 17. The largest absolute Gasteiger partial charge is 0.487 e. The van der Waals surface area contributed by atoms with E-state index in [1.165, 1.54) is 3.97 Å². The number of benzene rings is 4. The molecule has 0 bridgehead atoms. The van der Waals surface area contributed by atoms with E-state index in [0.717, 1.165) is 49.4 Å². The van der Waals surface area contributed by atoms with Crippen LogP contribution in [0.4, 0.5) is 0 Å². The fraction of sp³-hybridized carbons (Fsp3) is 0.360. The van der Waals surface area contributed by atoms with Crippen molar-refractivity contribution in [3.8, 4) is 34.1 Å². The third-order valence-corrected chi connectivity index (χ3v) is 20.7. The van der Waals surface area contributed by atoms with Crippen molar-refractivity contribution < 1.29 is 27.1 Å². The fourth-order valence-corrected chi connectivity index (χ4v) is 11.0. The highest BCUT2D eigenvalue weighted by molar-refractivity contribution is 9.10. The number of nitrogens with zero attached hydrogens (tertiary/aromatic N) is 4. The van der Waals surface area contributed by atoms with Gasteiger partial charge in [0, 0.05) is 66.0 Å². The van der Waals surface area contributed by atoms with E-state index in [2.05, 4.69) is 111 Å². The predicted octanol–water partition coefficient (Wildman–Crippen LogP) is 13.1. The Hall–Kier alpha value is -4.58. The van der Waals surface area contributed by atoms with Crippen LogP contribution < -0.4 is 9.47 Å². The van der Waals surface area contributed by atoms with Crippen LogP contribution in [0.25, 0.3) is 44.3 Å². The molecular weight excluding hydrogens is 921 g/mol. The van der Waals surface area contributed by atoms with Crippen LogP contribution in [0, 0.1) is 6.92 Å². The quantitative estimate of drug-likeness (QED) is 0.0656. The Morgan fingerprint density at radius 2 is 1.61 bits per heavy atom. The Morgan fingerprint density at radius 3 is 2.28 bits per heavy atom. The summed E-state index contributed by atoms with van der Waals surface area (Å²) < 4.78 is 58.6. The van der Waals surface area contributed by atoms with Gasteiger partial charge in [0.2, 0.25) is 5.88 Å². The fourth-order valence-electron chi connectivity index (χ4n) is 7.39. The van der Waals surface area contributed by atoms with Crippen LogP contribution in [0.1, 0.15) is 50.3 Å². The number of hydrogen-bond donors (Lipinski definition) is 0.